The van der Waals surface area contributed by atoms with Crippen molar-refractivity contribution in [3.63, 3.8) is 0 Å². The van der Waals surface area contributed by atoms with Crippen LogP contribution >= 0.6 is 0 Å². The van der Waals surface area contributed by atoms with E-state index in [9.17, 15) is 4.79 Å². The number of rotatable bonds is 1. The third kappa shape index (κ3) is 1.86. The van der Waals surface area contributed by atoms with E-state index in [1.807, 2.05) is 6.92 Å². The molecule has 3 fully saturated rings. The van der Waals surface area contributed by atoms with Crippen molar-refractivity contribution < 1.29 is 4.79 Å². The summed E-state index contributed by atoms with van der Waals surface area (Å²) in [4.78, 5) is 12.2. The molecule has 0 aromatic rings. The zero-order chi connectivity index (χ0) is 11.9. The topological polar surface area (TPSA) is 17.1 Å². The summed E-state index contributed by atoms with van der Waals surface area (Å²) < 4.78 is 0. The Morgan fingerprint density at radius 2 is 1.71 bits per heavy atom. The van der Waals surface area contributed by atoms with Crippen LogP contribution in [0.2, 0.25) is 0 Å². The first-order valence-corrected chi connectivity index (χ1v) is 7.73. The van der Waals surface area contributed by atoms with Crippen LogP contribution in [0.25, 0.3) is 0 Å². The van der Waals surface area contributed by atoms with Gasteiger partial charge in [0.1, 0.15) is 5.78 Å². The number of fused-ring (bicyclic) bond motifs is 2. The van der Waals surface area contributed by atoms with Crippen molar-refractivity contribution in [2.45, 2.75) is 71.1 Å². The Labute approximate surface area is 105 Å². The molecular formula is C16H26O. The molecule has 0 spiro atoms. The monoisotopic (exact) mass is 234 g/mol. The van der Waals surface area contributed by atoms with Gasteiger partial charge >= 0.3 is 0 Å². The summed E-state index contributed by atoms with van der Waals surface area (Å²) in [6, 6.07) is 0. The van der Waals surface area contributed by atoms with Crippen molar-refractivity contribution in [1.29, 1.82) is 0 Å². The lowest BCUT2D eigenvalue weighted by molar-refractivity contribution is -0.139. The zero-order valence-electron chi connectivity index (χ0n) is 11.2. The molecule has 3 saturated carbocycles. The first-order chi connectivity index (χ1) is 8.22. The minimum atomic E-state index is 0.122. The lowest BCUT2D eigenvalue weighted by atomic mass is 9.51. The van der Waals surface area contributed by atoms with E-state index in [4.69, 9.17) is 0 Å². The van der Waals surface area contributed by atoms with E-state index in [-0.39, 0.29) is 5.41 Å². The molecule has 0 aliphatic heterocycles. The Morgan fingerprint density at radius 3 is 2.47 bits per heavy atom. The summed E-state index contributed by atoms with van der Waals surface area (Å²) in [5.41, 5.74) is 0.122. The fourth-order valence-electron chi connectivity index (χ4n) is 5.23. The Morgan fingerprint density at radius 1 is 1.00 bits per heavy atom. The van der Waals surface area contributed by atoms with Gasteiger partial charge in [-0.3, -0.25) is 4.79 Å². The summed E-state index contributed by atoms with van der Waals surface area (Å²) in [5.74, 6) is 3.13. The van der Waals surface area contributed by atoms with E-state index < -0.39 is 0 Å². The molecule has 0 heterocycles. The molecular weight excluding hydrogens is 208 g/mol. The maximum Gasteiger partial charge on any atom is 0.136 e. The first-order valence-electron chi connectivity index (χ1n) is 7.73. The lowest BCUT2D eigenvalue weighted by Gasteiger charge is -2.52. The van der Waals surface area contributed by atoms with E-state index in [1.54, 1.807) is 0 Å². The van der Waals surface area contributed by atoms with Crippen LogP contribution in [0.15, 0.2) is 0 Å². The number of carbonyl (C=O) groups is 1. The molecule has 3 aliphatic rings. The van der Waals surface area contributed by atoms with Crippen molar-refractivity contribution in [2.75, 3.05) is 0 Å². The molecule has 3 rings (SSSR count). The summed E-state index contributed by atoms with van der Waals surface area (Å²) >= 11 is 0. The molecule has 0 aromatic heterocycles. The highest BCUT2D eigenvalue weighted by Gasteiger charge is 2.51. The summed E-state index contributed by atoms with van der Waals surface area (Å²) in [6.45, 7) is 1.88. The molecule has 96 valence electrons. The van der Waals surface area contributed by atoms with E-state index in [0.717, 1.165) is 17.8 Å². The predicted molar refractivity (Wildman–Crippen MR) is 69.8 cm³/mol. The average Bonchev–Trinajstić information content (AvgIpc) is 2.36. The molecule has 0 bridgehead atoms. The van der Waals surface area contributed by atoms with E-state index in [2.05, 4.69) is 0 Å². The van der Waals surface area contributed by atoms with Crippen LogP contribution in [-0.4, -0.2) is 5.78 Å². The van der Waals surface area contributed by atoms with Crippen LogP contribution in [0.3, 0.4) is 0 Å². The number of hydrogen-bond donors (Lipinski definition) is 0. The number of Topliss-reactive ketones (excluding diaryl/α,β-unsaturated/α-hetero) is 1. The van der Waals surface area contributed by atoms with Gasteiger partial charge < -0.3 is 0 Å². The molecule has 17 heavy (non-hydrogen) atoms. The van der Waals surface area contributed by atoms with Crippen LogP contribution in [0.1, 0.15) is 71.1 Å². The second kappa shape index (κ2) is 4.40. The minimum absolute atomic E-state index is 0.122. The lowest BCUT2D eigenvalue weighted by Crippen LogP contribution is -2.48. The van der Waals surface area contributed by atoms with E-state index in [1.165, 1.54) is 64.2 Å². The van der Waals surface area contributed by atoms with Crippen LogP contribution in [0.4, 0.5) is 0 Å². The molecule has 0 aromatic carbocycles. The molecule has 0 N–H and O–H groups in total. The average molecular weight is 234 g/mol. The van der Waals surface area contributed by atoms with Crippen LogP contribution in [0, 0.1) is 23.2 Å². The van der Waals surface area contributed by atoms with Gasteiger partial charge in [-0.05, 0) is 50.4 Å². The predicted octanol–water partition coefficient (Wildman–Crippen LogP) is 4.35. The molecule has 0 amide bonds. The molecule has 1 heteroatoms. The zero-order valence-corrected chi connectivity index (χ0v) is 11.2. The summed E-state index contributed by atoms with van der Waals surface area (Å²) in [5, 5.41) is 0. The molecule has 4 atom stereocenters. The molecule has 3 aliphatic carbocycles. The first kappa shape index (κ1) is 11.7. The summed E-state index contributed by atoms with van der Waals surface area (Å²) in [6.07, 6.45) is 13.6. The van der Waals surface area contributed by atoms with Gasteiger partial charge in [0, 0.05) is 5.41 Å². The Kier molecular flexibility index (Phi) is 3.04. The second-order valence-electron chi connectivity index (χ2n) is 6.90. The standard InChI is InChI=1S/C16H26O/c1-12(17)16-9-5-4-8-15(16)10-13-6-2-3-7-14(13)11-16/h13-15H,2-11H2,1H3/t13-,14+,15+,16-/m0/s1. The summed E-state index contributed by atoms with van der Waals surface area (Å²) in [7, 11) is 0. The highest BCUT2D eigenvalue weighted by atomic mass is 16.1. The maximum absolute atomic E-state index is 12.2. The fraction of sp³-hybridized carbons (Fsp3) is 0.938. The Balaban J connectivity index is 1.85. The second-order valence-corrected chi connectivity index (χ2v) is 6.90. The van der Waals surface area contributed by atoms with Gasteiger partial charge in [0.25, 0.3) is 0 Å². The third-order valence-corrected chi connectivity index (χ3v) is 6.19. The van der Waals surface area contributed by atoms with Crippen molar-refractivity contribution in [3.8, 4) is 0 Å². The smallest absolute Gasteiger partial charge is 0.136 e. The van der Waals surface area contributed by atoms with Gasteiger partial charge in [0.05, 0.1) is 0 Å². The van der Waals surface area contributed by atoms with E-state index in [0.29, 0.717) is 5.78 Å². The van der Waals surface area contributed by atoms with Crippen molar-refractivity contribution >= 4 is 5.78 Å². The van der Waals surface area contributed by atoms with Gasteiger partial charge in [0.2, 0.25) is 0 Å². The quantitative estimate of drug-likeness (QED) is 0.659. The Bertz CT molecular complexity index is 309. The number of hydrogen-bond acceptors (Lipinski definition) is 1. The van der Waals surface area contributed by atoms with Gasteiger partial charge in [-0.25, -0.2) is 0 Å². The highest BCUT2D eigenvalue weighted by Crippen LogP contribution is 2.57. The SMILES string of the molecule is CC(=O)[C@@]12CCCC[C@@H]1C[C@@H]1CCCC[C@@H]1C2. The largest absolute Gasteiger partial charge is 0.299 e. The highest BCUT2D eigenvalue weighted by molar-refractivity contribution is 5.83. The van der Waals surface area contributed by atoms with Crippen LogP contribution in [0.5, 0.6) is 0 Å². The number of ketones is 1. The molecule has 0 radical (unpaired) electrons. The van der Waals surface area contributed by atoms with Gasteiger partial charge in [-0.1, -0.05) is 38.5 Å². The normalized spacial score (nSPS) is 45.8. The third-order valence-electron chi connectivity index (χ3n) is 6.19. The molecule has 0 unspecified atom stereocenters. The maximum atomic E-state index is 12.2. The van der Waals surface area contributed by atoms with Gasteiger partial charge in [0.15, 0.2) is 0 Å². The van der Waals surface area contributed by atoms with Crippen LogP contribution < -0.4 is 0 Å². The fourth-order valence-corrected chi connectivity index (χ4v) is 5.23. The van der Waals surface area contributed by atoms with Crippen molar-refractivity contribution in [3.05, 3.63) is 0 Å². The molecule has 0 saturated heterocycles. The molecule has 1 nitrogen and oxygen atoms in total. The van der Waals surface area contributed by atoms with Gasteiger partial charge in [-0.2, -0.15) is 0 Å². The van der Waals surface area contributed by atoms with E-state index >= 15 is 0 Å². The van der Waals surface area contributed by atoms with Crippen LogP contribution in [-0.2, 0) is 4.79 Å². The number of carbonyl (C=O) groups excluding carboxylic acids is 1. The Hall–Kier alpha value is -0.330. The van der Waals surface area contributed by atoms with Crippen molar-refractivity contribution in [2.24, 2.45) is 23.2 Å². The van der Waals surface area contributed by atoms with Crippen molar-refractivity contribution in [1.82, 2.24) is 0 Å². The minimum Gasteiger partial charge on any atom is -0.299 e. The van der Waals surface area contributed by atoms with Gasteiger partial charge in [-0.15, -0.1) is 0 Å².